The van der Waals surface area contributed by atoms with E-state index < -0.39 is 11.2 Å². The molecule has 0 bridgehead atoms. The molecular weight excluding hydrogens is 325 g/mol. The first-order valence-corrected chi connectivity index (χ1v) is 7.90. The maximum absolute atomic E-state index is 13.0. The minimum absolute atomic E-state index is 0.0757. The Labute approximate surface area is 143 Å². The summed E-state index contributed by atoms with van der Waals surface area (Å²) in [4.78, 5) is 38.0. The van der Waals surface area contributed by atoms with Gasteiger partial charge in [0.15, 0.2) is 0 Å². The summed E-state index contributed by atoms with van der Waals surface area (Å²) in [7, 11) is 2.84. The normalized spacial score (nSPS) is 14.4. The van der Waals surface area contributed by atoms with Gasteiger partial charge in [0.05, 0.1) is 0 Å². The van der Waals surface area contributed by atoms with E-state index in [2.05, 4.69) is 0 Å². The Morgan fingerprint density at radius 2 is 1.76 bits per heavy atom. The number of hydrogen-bond acceptors (Lipinski definition) is 3. The van der Waals surface area contributed by atoms with Crippen LogP contribution in [0.15, 0.2) is 46.0 Å². The van der Waals surface area contributed by atoms with Gasteiger partial charge in [-0.1, -0.05) is 18.2 Å². The highest BCUT2D eigenvalue weighted by atomic mass is 19.1. The van der Waals surface area contributed by atoms with E-state index in [1.54, 1.807) is 17.0 Å². The van der Waals surface area contributed by atoms with Crippen LogP contribution in [0.2, 0.25) is 0 Å². The zero-order valence-corrected chi connectivity index (χ0v) is 14.0. The van der Waals surface area contributed by atoms with Crippen molar-refractivity contribution in [2.45, 2.75) is 6.42 Å². The Kier molecular flexibility index (Phi) is 4.39. The molecule has 1 amide bonds. The summed E-state index contributed by atoms with van der Waals surface area (Å²) in [5.74, 6) is -0.643. The molecule has 0 unspecified atom stereocenters. The van der Waals surface area contributed by atoms with Crippen LogP contribution in [-0.2, 0) is 14.1 Å². The molecule has 2 aromatic rings. The van der Waals surface area contributed by atoms with Crippen LogP contribution in [0.5, 0.6) is 0 Å². The first kappa shape index (κ1) is 16.9. The molecule has 2 heterocycles. The van der Waals surface area contributed by atoms with Gasteiger partial charge in [0.25, 0.3) is 11.5 Å². The fourth-order valence-corrected chi connectivity index (χ4v) is 2.88. The van der Waals surface area contributed by atoms with E-state index in [1.165, 1.54) is 36.9 Å². The molecular formula is C18H18FN3O3. The summed E-state index contributed by atoms with van der Waals surface area (Å²) in [5.41, 5.74) is 1.00. The predicted molar refractivity (Wildman–Crippen MR) is 91.8 cm³/mol. The molecule has 25 heavy (non-hydrogen) atoms. The first-order chi connectivity index (χ1) is 11.9. The van der Waals surface area contributed by atoms with Crippen molar-refractivity contribution in [2.75, 3.05) is 13.1 Å². The van der Waals surface area contributed by atoms with Gasteiger partial charge in [0, 0.05) is 33.3 Å². The number of carbonyl (C=O) groups is 1. The number of rotatable bonds is 2. The lowest BCUT2D eigenvalue weighted by atomic mass is 9.99. The van der Waals surface area contributed by atoms with Crippen molar-refractivity contribution >= 4 is 11.5 Å². The van der Waals surface area contributed by atoms with Gasteiger partial charge in [-0.2, -0.15) is 0 Å². The minimum atomic E-state index is -0.532. The molecule has 1 aromatic carbocycles. The Balaban J connectivity index is 1.83. The van der Waals surface area contributed by atoms with Gasteiger partial charge in [-0.15, -0.1) is 0 Å². The number of nitrogens with zero attached hydrogens (tertiary/aromatic N) is 3. The first-order valence-electron chi connectivity index (χ1n) is 7.90. The summed E-state index contributed by atoms with van der Waals surface area (Å²) in [6.45, 7) is 0.834. The molecule has 0 radical (unpaired) electrons. The molecule has 0 fully saturated rings. The predicted octanol–water partition coefficient (Wildman–Crippen LogP) is 1.15. The number of halogens is 1. The SMILES string of the molecule is Cn1c(C(=O)N2CC=C(c3ccc(F)cc3)CC2)cc(=O)n(C)c1=O. The summed E-state index contributed by atoms with van der Waals surface area (Å²) < 4.78 is 15.2. The van der Waals surface area contributed by atoms with Crippen LogP contribution in [0, 0.1) is 5.82 Å². The highest BCUT2D eigenvalue weighted by Gasteiger charge is 2.22. The van der Waals surface area contributed by atoms with E-state index in [1.807, 2.05) is 6.08 Å². The van der Waals surface area contributed by atoms with Crippen LogP contribution < -0.4 is 11.2 Å². The van der Waals surface area contributed by atoms with Crippen LogP contribution in [0.3, 0.4) is 0 Å². The Morgan fingerprint density at radius 3 is 2.36 bits per heavy atom. The summed E-state index contributed by atoms with van der Waals surface area (Å²) in [6, 6.07) is 7.42. The lowest BCUT2D eigenvalue weighted by Crippen LogP contribution is -2.43. The van der Waals surface area contributed by atoms with E-state index in [0.717, 1.165) is 15.7 Å². The third kappa shape index (κ3) is 3.17. The van der Waals surface area contributed by atoms with Crippen molar-refractivity contribution in [1.82, 2.24) is 14.0 Å². The molecule has 0 saturated heterocycles. The topological polar surface area (TPSA) is 64.3 Å². The quantitative estimate of drug-likeness (QED) is 0.822. The number of aromatic nitrogens is 2. The van der Waals surface area contributed by atoms with Crippen LogP contribution in [-0.4, -0.2) is 33.0 Å². The molecule has 130 valence electrons. The van der Waals surface area contributed by atoms with Crippen LogP contribution >= 0.6 is 0 Å². The molecule has 1 aliphatic heterocycles. The van der Waals surface area contributed by atoms with Crippen molar-refractivity contribution in [3.8, 4) is 0 Å². The van der Waals surface area contributed by atoms with Gasteiger partial charge in [0.2, 0.25) is 0 Å². The van der Waals surface area contributed by atoms with Gasteiger partial charge < -0.3 is 4.90 Å². The Bertz CT molecular complexity index is 971. The maximum Gasteiger partial charge on any atom is 0.331 e. The molecule has 7 heteroatoms. The monoisotopic (exact) mass is 343 g/mol. The van der Waals surface area contributed by atoms with E-state index in [0.29, 0.717) is 19.5 Å². The maximum atomic E-state index is 13.0. The van der Waals surface area contributed by atoms with Gasteiger partial charge in [-0.25, -0.2) is 9.18 Å². The second-order valence-electron chi connectivity index (χ2n) is 6.01. The summed E-state index contributed by atoms with van der Waals surface area (Å²) in [5, 5.41) is 0. The fourth-order valence-electron chi connectivity index (χ4n) is 2.88. The Morgan fingerprint density at radius 1 is 1.08 bits per heavy atom. The van der Waals surface area contributed by atoms with Gasteiger partial charge in [0.1, 0.15) is 11.5 Å². The number of carbonyl (C=O) groups excluding carboxylic acids is 1. The van der Waals surface area contributed by atoms with Crippen molar-refractivity contribution in [2.24, 2.45) is 14.1 Å². The number of hydrogen-bond donors (Lipinski definition) is 0. The summed E-state index contributed by atoms with van der Waals surface area (Å²) in [6.07, 6.45) is 2.53. The standard InChI is InChI=1S/C18H18FN3O3/c1-20-15(11-16(23)21(2)18(20)25)17(24)22-9-7-13(8-10-22)12-3-5-14(19)6-4-12/h3-7,11H,8-10H2,1-2H3. The molecule has 0 N–H and O–H groups in total. The van der Waals surface area contributed by atoms with Gasteiger partial charge in [-0.3, -0.25) is 18.7 Å². The second kappa shape index (κ2) is 6.51. The lowest BCUT2D eigenvalue weighted by Gasteiger charge is -2.27. The molecule has 0 saturated carbocycles. The van der Waals surface area contributed by atoms with E-state index in [4.69, 9.17) is 0 Å². The van der Waals surface area contributed by atoms with Crippen molar-refractivity contribution in [3.63, 3.8) is 0 Å². The largest absolute Gasteiger partial charge is 0.333 e. The van der Waals surface area contributed by atoms with Crippen molar-refractivity contribution in [3.05, 3.63) is 74.3 Å². The van der Waals surface area contributed by atoms with Crippen molar-refractivity contribution < 1.29 is 9.18 Å². The highest BCUT2D eigenvalue weighted by molar-refractivity contribution is 5.93. The molecule has 0 atom stereocenters. The van der Waals surface area contributed by atoms with E-state index >= 15 is 0 Å². The van der Waals surface area contributed by atoms with Gasteiger partial charge >= 0.3 is 5.69 Å². The number of benzene rings is 1. The molecule has 3 rings (SSSR count). The van der Waals surface area contributed by atoms with Crippen molar-refractivity contribution in [1.29, 1.82) is 0 Å². The fraction of sp³-hybridized carbons (Fsp3) is 0.278. The highest BCUT2D eigenvalue weighted by Crippen LogP contribution is 2.23. The molecule has 0 aliphatic carbocycles. The second-order valence-corrected chi connectivity index (χ2v) is 6.01. The van der Waals surface area contributed by atoms with E-state index in [9.17, 15) is 18.8 Å². The molecule has 1 aromatic heterocycles. The Hall–Kier alpha value is -2.96. The lowest BCUT2D eigenvalue weighted by molar-refractivity contribution is 0.0761. The molecule has 6 nitrogen and oxygen atoms in total. The van der Waals surface area contributed by atoms with Gasteiger partial charge in [-0.05, 0) is 29.7 Å². The zero-order chi connectivity index (χ0) is 18.1. The average molecular weight is 343 g/mol. The molecule has 0 spiro atoms. The van der Waals surface area contributed by atoms with E-state index in [-0.39, 0.29) is 17.4 Å². The zero-order valence-electron chi connectivity index (χ0n) is 14.0. The van der Waals surface area contributed by atoms with Crippen LogP contribution in [0.4, 0.5) is 4.39 Å². The third-order valence-electron chi connectivity index (χ3n) is 4.46. The van der Waals surface area contributed by atoms with Crippen LogP contribution in [0.25, 0.3) is 5.57 Å². The molecule has 1 aliphatic rings. The smallest absolute Gasteiger partial charge is 0.331 e. The average Bonchev–Trinajstić information content (AvgIpc) is 2.63. The van der Waals surface area contributed by atoms with Crippen LogP contribution in [0.1, 0.15) is 22.5 Å². The summed E-state index contributed by atoms with van der Waals surface area (Å²) >= 11 is 0. The third-order valence-corrected chi connectivity index (χ3v) is 4.46. The minimum Gasteiger partial charge on any atom is -0.333 e. The number of amides is 1.